The van der Waals surface area contributed by atoms with E-state index in [0.717, 1.165) is 30.7 Å². The van der Waals surface area contributed by atoms with Gasteiger partial charge in [0, 0.05) is 6.54 Å². The number of nitrogens with zero attached hydrogens (tertiary/aromatic N) is 1. The minimum Gasteiger partial charge on any atom is -0.378 e. The molecule has 318 valence electrons. The quantitative estimate of drug-likeness (QED) is 0.0938. The fourth-order valence-corrected chi connectivity index (χ4v) is 26.2. The topological polar surface area (TPSA) is 44.5 Å². The lowest BCUT2D eigenvalue weighted by Gasteiger charge is -2.47. The molecule has 0 amide bonds. The molecule has 73 heavy (non-hydrogen) atoms. The SMILES string of the molecule is C[N+]1(CCOCCOCCN)CC23c4c5c6c7c8c9c(c%10c%11c2c2c4c4c%12c5c5c6c6c8c8c%13c9c9c%10c%10c%11c%11c2c2c4c4c%12c%12c5c5c6c8c6c8c%13c9c9c%10c%10c%11c2c2c4c4c%12c5c6c5c8c9c%10c2c45)C73C1. The maximum absolute atomic E-state index is 6.64. The standard InChI is InChI=1S/C69H21N2O2/c1-71(3-5-73-7-6-72-4-2-70)8-68-64-56-48-38-28-20-12-10-11-14-18-16(12)24-32-26(18)36-30-22(14)23-15(11)19-17-13(10)21(20)29-35-25(17)33-27(19)37-31(23)41-40(30)50-44(36)54-46(32)52(42(48)34(24)28)60(64)62(54)66-58(50)59-51(41)45(37)55-47(33)53-43(35)49(39(29)38)57(56)65(68)61(53)63(55)67(59)69(66,68)9-71/h2-9,70H2,1H3/q+1. The van der Waals surface area contributed by atoms with E-state index < -0.39 is 0 Å². The van der Waals surface area contributed by atoms with Crippen molar-refractivity contribution in [2.45, 2.75) is 10.8 Å². The van der Waals surface area contributed by atoms with Crippen LogP contribution >= 0.6 is 0 Å². The largest absolute Gasteiger partial charge is 0.378 e. The molecule has 0 radical (unpaired) electrons. The van der Waals surface area contributed by atoms with E-state index in [0.29, 0.717) is 26.4 Å². The first-order valence-electron chi connectivity index (χ1n) is 27.7. The Labute approximate surface area is 401 Å². The summed E-state index contributed by atoms with van der Waals surface area (Å²) in [6, 6.07) is 0. The molecule has 0 unspecified atom stereocenters. The van der Waals surface area contributed by atoms with Crippen LogP contribution in [0.1, 0.15) is 22.3 Å². The van der Waals surface area contributed by atoms with Crippen LogP contribution in [0.15, 0.2) is 0 Å². The number of quaternary nitrogens is 1. The maximum Gasteiger partial charge on any atom is 0.102 e. The summed E-state index contributed by atoms with van der Waals surface area (Å²) in [6.07, 6.45) is 0. The molecule has 1 aliphatic heterocycles. The molecule has 4 aliphatic carbocycles. The molecular weight excluding hydrogens is 889 g/mol. The van der Waals surface area contributed by atoms with Crippen molar-refractivity contribution < 1.29 is 14.0 Å². The average Bonchev–Trinajstić information content (AvgIpc) is 4.35. The van der Waals surface area contributed by atoms with Gasteiger partial charge in [-0.05, 0) is 313 Å². The van der Waals surface area contributed by atoms with Gasteiger partial charge in [0.25, 0.3) is 0 Å². The number of nitrogens with two attached hydrogens (primary N) is 1. The number of rotatable bonds is 8. The number of likely N-dealkylation sites (tertiary alicyclic amines) is 1. The van der Waals surface area contributed by atoms with E-state index in [2.05, 4.69) is 7.05 Å². The second-order valence-electron chi connectivity index (χ2n) is 27.2. The number of hydrogen-bond acceptors (Lipinski definition) is 3. The van der Waals surface area contributed by atoms with Gasteiger partial charge in [-0.25, -0.2) is 0 Å². The van der Waals surface area contributed by atoms with Gasteiger partial charge in [-0.2, -0.15) is 0 Å². The molecule has 1 fully saturated rings. The first-order valence-corrected chi connectivity index (χ1v) is 27.7. The third-order valence-electron chi connectivity index (χ3n) is 26.3. The molecule has 0 saturated carbocycles. The number of hydrogen-bond donors (Lipinski definition) is 1. The van der Waals surface area contributed by atoms with Gasteiger partial charge in [0.1, 0.15) is 6.54 Å². The maximum atomic E-state index is 6.64. The summed E-state index contributed by atoms with van der Waals surface area (Å²) in [5.41, 5.74) is 12.6. The minimum atomic E-state index is -0.197. The Hall–Kier alpha value is -7.70. The monoisotopic (exact) mass is 909 g/mol. The van der Waals surface area contributed by atoms with Crippen LogP contribution in [-0.2, 0) is 20.3 Å². The van der Waals surface area contributed by atoms with Crippen LogP contribution in [0.4, 0.5) is 0 Å². The zero-order valence-corrected chi connectivity index (χ0v) is 38.5. The molecule has 0 bridgehead atoms. The van der Waals surface area contributed by atoms with Gasteiger partial charge in [0.15, 0.2) is 0 Å². The zero-order valence-electron chi connectivity index (χ0n) is 38.5. The summed E-state index contributed by atoms with van der Waals surface area (Å²) in [4.78, 5) is 0. The van der Waals surface area contributed by atoms with E-state index in [9.17, 15) is 0 Å². The third kappa shape index (κ3) is 1.66. The highest BCUT2D eigenvalue weighted by Gasteiger charge is 2.76. The molecule has 33 rings (SSSR count). The highest BCUT2D eigenvalue weighted by Crippen LogP contribution is 2.85. The average molecular weight is 910 g/mol. The summed E-state index contributed by atoms with van der Waals surface area (Å²) in [6.45, 7) is 6.36. The van der Waals surface area contributed by atoms with Crippen LogP contribution in [0.5, 0.6) is 0 Å². The lowest BCUT2D eigenvalue weighted by atomic mass is 9.50. The van der Waals surface area contributed by atoms with Crippen molar-refractivity contribution in [2.24, 2.45) is 5.73 Å². The normalized spacial score (nSPS) is 24.2. The highest BCUT2D eigenvalue weighted by molar-refractivity contribution is 6.82. The van der Waals surface area contributed by atoms with Crippen LogP contribution in [0.25, 0.3) is 291 Å². The summed E-state index contributed by atoms with van der Waals surface area (Å²) < 4.78 is 13.5. The summed E-state index contributed by atoms with van der Waals surface area (Å²) in [5.74, 6) is 0. The first-order chi connectivity index (χ1) is 36.2. The van der Waals surface area contributed by atoms with Gasteiger partial charge in [0.2, 0.25) is 0 Å². The lowest BCUT2D eigenvalue weighted by molar-refractivity contribution is -0.900. The molecule has 2 spiro atoms. The Bertz CT molecular complexity index is 6620. The van der Waals surface area contributed by atoms with Crippen molar-refractivity contribution in [3.63, 3.8) is 0 Å². The van der Waals surface area contributed by atoms with Crippen LogP contribution in [-0.4, -0.2) is 64.1 Å². The fraction of sp³-hybridized carbons (Fsp3) is 0.159. The van der Waals surface area contributed by atoms with E-state index in [1.807, 2.05) is 0 Å². The zero-order chi connectivity index (χ0) is 44.1. The molecule has 28 aromatic carbocycles. The van der Waals surface area contributed by atoms with Gasteiger partial charge >= 0.3 is 0 Å². The fourth-order valence-electron chi connectivity index (χ4n) is 26.2. The molecule has 0 aromatic heterocycles. The van der Waals surface area contributed by atoms with Crippen LogP contribution in [0.3, 0.4) is 0 Å². The van der Waals surface area contributed by atoms with Crippen molar-refractivity contribution >= 4 is 291 Å². The summed E-state index contributed by atoms with van der Waals surface area (Å²) in [7, 11) is 2.68. The van der Waals surface area contributed by atoms with Crippen molar-refractivity contribution in [1.29, 1.82) is 0 Å². The molecule has 2 N–H and O–H groups in total. The van der Waals surface area contributed by atoms with Crippen molar-refractivity contribution in [2.75, 3.05) is 59.7 Å². The molecule has 4 heteroatoms. The van der Waals surface area contributed by atoms with Crippen LogP contribution < -0.4 is 5.73 Å². The van der Waals surface area contributed by atoms with Crippen LogP contribution in [0.2, 0.25) is 0 Å². The third-order valence-corrected chi connectivity index (χ3v) is 26.3. The van der Waals surface area contributed by atoms with Gasteiger partial charge in [-0.3, -0.25) is 0 Å². The van der Waals surface area contributed by atoms with Crippen molar-refractivity contribution in [3.05, 3.63) is 22.3 Å². The van der Waals surface area contributed by atoms with E-state index in [-0.39, 0.29) is 10.8 Å². The highest BCUT2D eigenvalue weighted by atomic mass is 16.5. The van der Waals surface area contributed by atoms with E-state index in [1.54, 1.807) is 313 Å². The van der Waals surface area contributed by atoms with Gasteiger partial charge in [-0.15, -0.1) is 0 Å². The molecule has 1 saturated heterocycles. The predicted molar refractivity (Wildman–Crippen MR) is 305 cm³/mol. The molecule has 1 heterocycles. The second-order valence-corrected chi connectivity index (χ2v) is 27.2. The Morgan fingerprint density at radius 1 is 0.260 bits per heavy atom. The van der Waals surface area contributed by atoms with Gasteiger partial charge in [-0.1, -0.05) is 0 Å². The lowest BCUT2D eigenvalue weighted by Crippen LogP contribution is -2.51. The Kier molecular flexibility index (Phi) is 2.72. The van der Waals surface area contributed by atoms with Crippen molar-refractivity contribution in [3.8, 4) is 0 Å². The first kappa shape index (κ1) is 29.1. The number of likely N-dealkylation sites (N-methyl/N-ethyl adjacent to an activating group) is 1. The minimum absolute atomic E-state index is 0.197. The van der Waals surface area contributed by atoms with E-state index in [1.165, 1.54) is 0 Å². The van der Waals surface area contributed by atoms with Gasteiger partial charge < -0.3 is 19.7 Å². The smallest absolute Gasteiger partial charge is 0.102 e. The van der Waals surface area contributed by atoms with Gasteiger partial charge in [0.05, 0.1) is 57.4 Å². The summed E-state index contributed by atoms with van der Waals surface area (Å²) >= 11 is 0. The Balaban J connectivity index is 1.04. The van der Waals surface area contributed by atoms with E-state index in [4.69, 9.17) is 15.2 Å². The number of benzene rings is 18. The van der Waals surface area contributed by atoms with E-state index >= 15 is 0 Å². The van der Waals surface area contributed by atoms with Crippen LogP contribution in [0, 0.1) is 0 Å². The van der Waals surface area contributed by atoms with Crippen molar-refractivity contribution in [1.82, 2.24) is 0 Å². The molecular formula is C69H21N2O2+. The molecule has 28 aromatic rings. The molecule has 5 aliphatic rings. The predicted octanol–water partition coefficient (Wildman–Crippen LogP) is 15.7. The second kappa shape index (κ2) is 6.82. The molecule has 4 nitrogen and oxygen atoms in total. The summed E-state index contributed by atoms with van der Waals surface area (Å²) in [5, 5.41) is 90.5. The number of ether oxygens (including phenoxy) is 2. The Morgan fingerprint density at radius 3 is 0.603 bits per heavy atom. The molecule has 0 atom stereocenters. The Morgan fingerprint density at radius 2 is 0.425 bits per heavy atom.